The van der Waals surface area contributed by atoms with Gasteiger partial charge in [0.15, 0.2) is 0 Å². The third-order valence-corrected chi connectivity index (χ3v) is 4.80. The molecule has 16 heavy (non-hydrogen) atoms. The van der Waals surface area contributed by atoms with Gasteiger partial charge in [-0.2, -0.15) is 11.8 Å². The summed E-state index contributed by atoms with van der Waals surface area (Å²) in [6.45, 7) is 5.25. The van der Waals surface area contributed by atoms with Crippen molar-refractivity contribution in [2.24, 2.45) is 5.73 Å². The molecule has 1 rings (SSSR count). The summed E-state index contributed by atoms with van der Waals surface area (Å²) in [7, 11) is 0. The van der Waals surface area contributed by atoms with Crippen LogP contribution in [0.1, 0.15) is 12.8 Å². The number of aliphatic hydroxyl groups is 1. The van der Waals surface area contributed by atoms with Crippen LogP contribution in [-0.4, -0.2) is 67.0 Å². The predicted molar refractivity (Wildman–Crippen MR) is 68.9 cm³/mol. The second-order valence-corrected chi connectivity index (χ2v) is 5.54. The van der Waals surface area contributed by atoms with Crippen molar-refractivity contribution in [3.63, 3.8) is 0 Å². The van der Waals surface area contributed by atoms with Crippen LogP contribution in [0.5, 0.6) is 0 Å². The maximum Gasteiger partial charge on any atom is 0.0698 e. The molecule has 0 saturated carbocycles. The first kappa shape index (κ1) is 14.3. The number of likely N-dealkylation sites (tertiary alicyclic amines) is 1. The topological polar surface area (TPSA) is 58.7 Å². The fourth-order valence-electron chi connectivity index (χ4n) is 2.04. The Bertz CT molecular complexity index is 179. The van der Waals surface area contributed by atoms with Gasteiger partial charge in [-0.25, -0.2) is 0 Å². The maximum atomic E-state index is 8.58. The summed E-state index contributed by atoms with van der Waals surface area (Å²) in [5, 5.41) is 8.58. The lowest BCUT2D eigenvalue weighted by molar-refractivity contribution is 0.0671. The fourth-order valence-corrected chi connectivity index (χ4v) is 2.79. The zero-order chi connectivity index (χ0) is 11.9. The lowest BCUT2D eigenvalue weighted by atomic mass is 9.96. The van der Waals surface area contributed by atoms with Crippen LogP contribution in [0.3, 0.4) is 0 Å². The van der Waals surface area contributed by atoms with E-state index in [0.717, 1.165) is 32.8 Å². The first-order valence-corrected chi connectivity index (χ1v) is 7.15. The first-order chi connectivity index (χ1) is 7.76. The Morgan fingerprint density at radius 1 is 1.38 bits per heavy atom. The summed E-state index contributed by atoms with van der Waals surface area (Å²) in [5.74, 6) is 0. The Balaban J connectivity index is 2.16. The van der Waals surface area contributed by atoms with Gasteiger partial charge in [-0.1, -0.05) is 0 Å². The number of ether oxygens (including phenoxy) is 1. The Hall–Kier alpha value is 0.190. The summed E-state index contributed by atoms with van der Waals surface area (Å²) in [6.07, 6.45) is 4.50. The van der Waals surface area contributed by atoms with E-state index in [4.69, 9.17) is 15.6 Å². The molecule has 0 aromatic carbocycles. The molecule has 0 radical (unpaired) electrons. The molecule has 1 fully saturated rings. The van der Waals surface area contributed by atoms with Crippen LogP contribution in [0.25, 0.3) is 0 Å². The van der Waals surface area contributed by atoms with E-state index in [2.05, 4.69) is 11.2 Å². The van der Waals surface area contributed by atoms with Gasteiger partial charge in [0, 0.05) is 17.8 Å². The molecule has 0 amide bonds. The number of thioether (sulfide) groups is 1. The van der Waals surface area contributed by atoms with Crippen LogP contribution >= 0.6 is 11.8 Å². The number of hydrogen-bond acceptors (Lipinski definition) is 5. The van der Waals surface area contributed by atoms with Gasteiger partial charge in [0.2, 0.25) is 0 Å². The summed E-state index contributed by atoms with van der Waals surface area (Å²) in [5.41, 5.74) is 5.84. The monoisotopic (exact) mass is 248 g/mol. The van der Waals surface area contributed by atoms with Gasteiger partial charge in [0.1, 0.15) is 0 Å². The van der Waals surface area contributed by atoms with Crippen LogP contribution in [0.4, 0.5) is 0 Å². The Morgan fingerprint density at radius 2 is 2.06 bits per heavy atom. The van der Waals surface area contributed by atoms with Crippen molar-refractivity contribution >= 4 is 11.8 Å². The van der Waals surface area contributed by atoms with E-state index in [1.807, 2.05) is 11.8 Å². The molecular formula is C11H24N2O2S. The minimum absolute atomic E-state index is 0.114. The molecule has 1 aliphatic rings. The molecule has 0 aromatic rings. The molecule has 0 bridgehead atoms. The van der Waals surface area contributed by atoms with Crippen molar-refractivity contribution in [2.45, 2.75) is 17.6 Å². The minimum atomic E-state index is 0.114. The number of rotatable bonds is 7. The van der Waals surface area contributed by atoms with Crippen molar-refractivity contribution in [1.29, 1.82) is 0 Å². The number of nitrogens with two attached hydrogens (primary N) is 1. The van der Waals surface area contributed by atoms with Gasteiger partial charge >= 0.3 is 0 Å². The third-order valence-electron chi connectivity index (χ3n) is 3.36. The van der Waals surface area contributed by atoms with E-state index < -0.39 is 0 Å². The van der Waals surface area contributed by atoms with E-state index in [-0.39, 0.29) is 6.61 Å². The van der Waals surface area contributed by atoms with Gasteiger partial charge < -0.3 is 20.5 Å². The smallest absolute Gasteiger partial charge is 0.0698 e. The SMILES string of the molecule is CSC1(CN)CCN(CCOCCO)CC1. The van der Waals surface area contributed by atoms with Crippen molar-refractivity contribution < 1.29 is 9.84 Å². The molecule has 0 aliphatic carbocycles. The lowest BCUT2D eigenvalue weighted by Crippen LogP contribution is -2.47. The van der Waals surface area contributed by atoms with Crippen LogP contribution < -0.4 is 5.73 Å². The number of aliphatic hydroxyl groups excluding tert-OH is 1. The molecule has 4 nitrogen and oxygen atoms in total. The highest BCUT2D eigenvalue weighted by atomic mass is 32.2. The summed E-state index contributed by atoms with van der Waals surface area (Å²) in [6, 6.07) is 0. The Morgan fingerprint density at radius 3 is 2.56 bits per heavy atom. The molecule has 3 N–H and O–H groups in total. The van der Waals surface area contributed by atoms with Crippen LogP contribution in [0, 0.1) is 0 Å². The molecule has 1 saturated heterocycles. The molecule has 1 aliphatic heterocycles. The fraction of sp³-hybridized carbons (Fsp3) is 1.00. The van der Waals surface area contributed by atoms with Crippen LogP contribution in [0.15, 0.2) is 0 Å². The van der Waals surface area contributed by atoms with Crippen molar-refractivity contribution in [1.82, 2.24) is 4.90 Å². The van der Waals surface area contributed by atoms with Crippen LogP contribution in [-0.2, 0) is 4.74 Å². The van der Waals surface area contributed by atoms with Gasteiger partial charge in [-0.3, -0.25) is 0 Å². The van der Waals surface area contributed by atoms with E-state index in [9.17, 15) is 0 Å². The Kier molecular flexibility index (Phi) is 6.68. The second kappa shape index (κ2) is 7.50. The molecule has 0 aromatic heterocycles. The molecule has 1 heterocycles. The lowest BCUT2D eigenvalue weighted by Gasteiger charge is -2.40. The summed E-state index contributed by atoms with van der Waals surface area (Å²) >= 11 is 1.91. The van der Waals surface area contributed by atoms with Crippen LogP contribution in [0.2, 0.25) is 0 Å². The normalized spacial score (nSPS) is 21.2. The summed E-state index contributed by atoms with van der Waals surface area (Å²) < 4.78 is 5.58. The maximum absolute atomic E-state index is 8.58. The highest BCUT2D eigenvalue weighted by Gasteiger charge is 2.32. The summed E-state index contributed by atoms with van der Waals surface area (Å²) in [4.78, 5) is 2.42. The highest BCUT2D eigenvalue weighted by Crippen LogP contribution is 2.33. The van der Waals surface area contributed by atoms with Crippen molar-refractivity contribution in [3.8, 4) is 0 Å². The minimum Gasteiger partial charge on any atom is -0.394 e. The predicted octanol–water partition coefficient (Wildman–Crippen LogP) is 0.152. The number of piperidine rings is 1. The molecule has 0 spiro atoms. The first-order valence-electron chi connectivity index (χ1n) is 5.92. The zero-order valence-electron chi connectivity index (χ0n) is 10.2. The second-order valence-electron chi connectivity index (χ2n) is 4.27. The van der Waals surface area contributed by atoms with E-state index in [1.165, 1.54) is 12.8 Å². The van der Waals surface area contributed by atoms with Gasteiger partial charge in [0.05, 0.1) is 19.8 Å². The molecule has 0 unspecified atom stereocenters. The van der Waals surface area contributed by atoms with Crippen molar-refractivity contribution in [2.75, 3.05) is 52.3 Å². The number of nitrogens with zero attached hydrogens (tertiary/aromatic N) is 1. The largest absolute Gasteiger partial charge is 0.394 e. The van der Waals surface area contributed by atoms with E-state index >= 15 is 0 Å². The Labute approximate surface area is 103 Å². The van der Waals surface area contributed by atoms with Gasteiger partial charge in [-0.15, -0.1) is 0 Å². The standard InChI is InChI=1S/C11H24N2O2S/c1-16-11(10-12)2-4-13(5-3-11)6-8-15-9-7-14/h14H,2-10,12H2,1H3. The average Bonchev–Trinajstić information content (AvgIpc) is 2.36. The zero-order valence-corrected chi connectivity index (χ0v) is 11.0. The average molecular weight is 248 g/mol. The molecule has 96 valence electrons. The van der Waals surface area contributed by atoms with Crippen molar-refractivity contribution in [3.05, 3.63) is 0 Å². The molecule has 0 atom stereocenters. The van der Waals surface area contributed by atoms with Gasteiger partial charge in [-0.05, 0) is 32.2 Å². The van der Waals surface area contributed by atoms with Gasteiger partial charge in [0.25, 0.3) is 0 Å². The number of hydrogen-bond donors (Lipinski definition) is 2. The quantitative estimate of drug-likeness (QED) is 0.628. The third kappa shape index (κ3) is 4.22. The van der Waals surface area contributed by atoms with E-state index in [1.54, 1.807) is 0 Å². The molecule has 5 heteroatoms. The van der Waals surface area contributed by atoms with E-state index in [0.29, 0.717) is 11.4 Å². The highest BCUT2D eigenvalue weighted by molar-refractivity contribution is 8.00. The molecular weight excluding hydrogens is 224 g/mol.